The molecule has 1 atom stereocenters. The summed E-state index contributed by atoms with van der Waals surface area (Å²) in [5.74, 6) is 1.43. The molecular weight excluding hydrogens is 188 g/mol. The number of ether oxygens (including phenoxy) is 1. The van der Waals surface area contributed by atoms with E-state index < -0.39 is 0 Å². The van der Waals surface area contributed by atoms with Crippen LogP contribution in [0, 0.1) is 11.8 Å². The zero-order valence-electron chi connectivity index (χ0n) is 9.66. The second-order valence-electron chi connectivity index (χ2n) is 5.24. The highest BCUT2D eigenvalue weighted by Gasteiger charge is 2.23. The predicted octanol–water partition coefficient (Wildman–Crippen LogP) is 2.74. The molecule has 88 valence electrons. The topological polar surface area (TPSA) is 29.5 Å². The van der Waals surface area contributed by atoms with E-state index in [1.807, 2.05) is 0 Å². The van der Waals surface area contributed by atoms with Gasteiger partial charge in [0.2, 0.25) is 0 Å². The summed E-state index contributed by atoms with van der Waals surface area (Å²) in [6.07, 6.45) is 9.97. The van der Waals surface area contributed by atoms with Crippen LogP contribution in [-0.2, 0) is 4.74 Å². The molecule has 1 N–H and O–H groups in total. The van der Waals surface area contributed by atoms with E-state index >= 15 is 0 Å². The third-order valence-electron chi connectivity index (χ3n) is 4.16. The van der Waals surface area contributed by atoms with Gasteiger partial charge in [0.1, 0.15) is 0 Å². The maximum atomic E-state index is 10.1. The number of hydrogen-bond donors (Lipinski definition) is 1. The lowest BCUT2D eigenvalue weighted by Gasteiger charge is -2.27. The van der Waals surface area contributed by atoms with Crippen LogP contribution >= 0.6 is 0 Å². The van der Waals surface area contributed by atoms with Gasteiger partial charge in [0.05, 0.1) is 6.10 Å². The molecule has 1 aliphatic heterocycles. The highest BCUT2D eigenvalue weighted by atomic mass is 16.5. The SMILES string of the molecule is OC(CCC1CCCC1)C1CCOCC1. The summed E-state index contributed by atoms with van der Waals surface area (Å²) >= 11 is 0. The van der Waals surface area contributed by atoms with Crippen LogP contribution in [-0.4, -0.2) is 24.4 Å². The molecule has 2 nitrogen and oxygen atoms in total. The molecule has 0 aromatic carbocycles. The normalized spacial score (nSPS) is 27.0. The van der Waals surface area contributed by atoms with E-state index in [-0.39, 0.29) is 6.10 Å². The van der Waals surface area contributed by atoms with Crippen LogP contribution < -0.4 is 0 Å². The van der Waals surface area contributed by atoms with Crippen molar-refractivity contribution in [1.29, 1.82) is 0 Å². The Hall–Kier alpha value is -0.0800. The molecule has 0 spiro atoms. The minimum atomic E-state index is -0.0606. The van der Waals surface area contributed by atoms with Crippen LogP contribution in [0.2, 0.25) is 0 Å². The maximum absolute atomic E-state index is 10.1. The summed E-state index contributed by atoms with van der Waals surface area (Å²) < 4.78 is 5.32. The Morgan fingerprint density at radius 3 is 2.40 bits per heavy atom. The molecular formula is C13H24O2. The molecule has 2 heteroatoms. The van der Waals surface area contributed by atoms with Gasteiger partial charge in [-0.3, -0.25) is 0 Å². The molecule has 0 radical (unpaired) electrons. The Bertz CT molecular complexity index is 169. The fourth-order valence-electron chi connectivity index (χ4n) is 3.04. The van der Waals surface area contributed by atoms with E-state index in [9.17, 15) is 5.11 Å². The van der Waals surface area contributed by atoms with Crippen LogP contribution in [0.5, 0.6) is 0 Å². The van der Waals surface area contributed by atoms with Gasteiger partial charge in [-0.25, -0.2) is 0 Å². The summed E-state index contributed by atoms with van der Waals surface area (Å²) in [6, 6.07) is 0. The largest absolute Gasteiger partial charge is 0.393 e. The number of hydrogen-bond acceptors (Lipinski definition) is 2. The highest BCUT2D eigenvalue weighted by molar-refractivity contribution is 4.75. The van der Waals surface area contributed by atoms with E-state index in [2.05, 4.69) is 0 Å². The van der Waals surface area contributed by atoms with E-state index in [1.165, 1.54) is 32.1 Å². The van der Waals surface area contributed by atoms with Crippen LogP contribution in [0.1, 0.15) is 51.4 Å². The average molecular weight is 212 g/mol. The Morgan fingerprint density at radius 2 is 1.73 bits per heavy atom. The molecule has 1 saturated heterocycles. The number of rotatable bonds is 4. The first-order valence-electron chi connectivity index (χ1n) is 6.62. The van der Waals surface area contributed by atoms with Gasteiger partial charge in [-0.1, -0.05) is 25.7 Å². The van der Waals surface area contributed by atoms with Crippen LogP contribution in [0.4, 0.5) is 0 Å². The summed E-state index contributed by atoms with van der Waals surface area (Å²) in [5.41, 5.74) is 0. The molecule has 1 heterocycles. The summed E-state index contributed by atoms with van der Waals surface area (Å²) in [5, 5.41) is 10.1. The van der Waals surface area contributed by atoms with Crippen LogP contribution in [0.15, 0.2) is 0 Å². The Labute approximate surface area is 93.0 Å². The lowest BCUT2D eigenvalue weighted by molar-refractivity contribution is 0.00281. The maximum Gasteiger partial charge on any atom is 0.0570 e. The lowest BCUT2D eigenvalue weighted by Crippen LogP contribution is -2.27. The molecule has 2 aliphatic rings. The Morgan fingerprint density at radius 1 is 1.07 bits per heavy atom. The average Bonchev–Trinajstić information content (AvgIpc) is 2.80. The van der Waals surface area contributed by atoms with Gasteiger partial charge >= 0.3 is 0 Å². The summed E-state index contributed by atoms with van der Waals surface area (Å²) in [7, 11) is 0. The molecule has 0 bridgehead atoms. The van der Waals surface area contributed by atoms with Crippen molar-refractivity contribution in [2.24, 2.45) is 11.8 Å². The minimum Gasteiger partial charge on any atom is -0.393 e. The van der Waals surface area contributed by atoms with Gasteiger partial charge in [0.15, 0.2) is 0 Å². The van der Waals surface area contributed by atoms with E-state index in [4.69, 9.17) is 4.74 Å². The third-order valence-corrected chi connectivity index (χ3v) is 4.16. The second kappa shape index (κ2) is 5.86. The fraction of sp³-hybridized carbons (Fsp3) is 1.00. The van der Waals surface area contributed by atoms with Crippen LogP contribution in [0.25, 0.3) is 0 Å². The van der Waals surface area contributed by atoms with Gasteiger partial charge in [-0.05, 0) is 37.5 Å². The quantitative estimate of drug-likeness (QED) is 0.776. The number of aliphatic hydroxyl groups excluding tert-OH is 1. The predicted molar refractivity (Wildman–Crippen MR) is 60.7 cm³/mol. The molecule has 15 heavy (non-hydrogen) atoms. The molecule has 1 unspecified atom stereocenters. The molecule has 1 aliphatic carbocycles. The molecule has 2 fully saturated rings. The van der Waals surface area contributed by atoms with Gasteiger partial charge < -0.3 is 9.84 Å². The van der Waals surface area contributed by atoms with Crippen LogP contribution in [0.3, 0.4) is 0 Å². The Kier molecular flexibility index (Phi) is 4.45. The van der Waals surface area contributed by atoms with Crippen molar-refractivity contribution in [3.63, 3.8) is 0 Å². The standard InChI is InChI=1S/C13H24O2/c14-13(12-7-9-15-10-8-12)6-5-11-3-1-2-4-11/h11-14H,1-10H2. The third kappa shape index (κ3) is 3.46. The van der Waals surface area contributed by atoms with Crippen molar-refractivity contribution in [3.8, 4) is 0 Å². The lowest BCUT2D eigenvalue weighted by atomic mass is 9.88. The Balaban J connectivity index is 1.64. The van der Waals surface area contributed by atoms with E-state index in [0.29, 0.717) is 5.92 Å². The zero-order valence-corrected chi connectivity index (χ0v) is 9.66. The first-order chi connectivity index (χ1) is 7.36. The molecule has 0 amide bonds. The number of aliphatic hydroxyl groups is 1. The van der Waals surface area contributed by atoms with Gasteiger partial charge in [0, 0.05) is 13.2 Å². The van der Waals surface area contributed by atoms with Gasteiger partial charge in [0.25, 0.3) is 0 Å². The smallest absolute Gasteiger partial charge is 0.0570 e. The molecule has 2 rings (SSSR count). The minimum absolute atomic E-state index is 0.0606. The fourth-order valence-corrected chi connectivity index (χ4v) is 3.04. The second-order valence-corrected chi connectivity index (χ2v) is 5.24. The van der Waals surface area contributed by atoms with Crippen molar-refractivity contribution in [2.45, 2.75) is 57.5 Å². The van der Waals surface area contributed by atoms with E-state index in [1.54, 1.807) is 0 Å². The highest BCUT2D eigenvalue weighted by Crippen LogP contribution is 2.30. The first-order valence-corrected chi connectivity index (χ1v) is 6.62. The molecule has 0 aromatic heterocycles. The van der Waals surface area contributed by atoms with Crippen molar-refractivity contribution in [3.05, 3.63) is 0 Å². The summed E-state index contributed by atoms with van der Waals surface area (Å²) in [6.45, 7) is 1.70. The van der Waals surface area contributed by atoms with Crippen molar-refractivity contribution < 1.29 is 9.84 Å². The van der Waals surface area contributed by atoms with Gasteiger partial charge in [-0.2, -0.15) is 0 Å². The van der Waals surface area contributed by atoms with Crippen molar-refractivity contribution in [2.75, 3.05) is 13.2 Å². The van der Waals surface area contributed by atoms with E-state index in [0.717, 1.165) is 38.4 Å². The monoisotopic (exact) mass is 212 g/mol. The first kappa shape index (κ1) is 11.4. The molecule has 1 saturated carbocycles. The molecule has 0 aromatic rings. The zero-order chi connectivity index (χ0) is 10.5. The van der Waals surface area contributed by atoms with Crippen molar-refractivity contribution >= 4 is 0 Å². The summed E-state index contributed by atoms with van der Waals surface area (Å²) in [4.78, 5) is 0. The van der Waals surface area contributed by atoms with Crippen molar-refractivity contribution in [1.82, 2.24) is 0 Å². The van der Waals surface area contributed by atoms with Gasteiger partial charge in [-0.15, -0.1) is 0 Å².